The lowest BCUT2D eigenvalue weighted by Gasteiger charge is -2.19. The van der Waals surface area contributed by atoms with Crippen LogP contribution in [0.15, 0.2) is 24.3 Å². The number of nitrogens with one attached hydrogen (secondary N) is 1. The highest BCUT2D eigenvalue weighted by molar-refractivity contribution is 5.84. The summed E-state index contributed by atoms with van der Waals surface area (Å²) >= 11 is 0. The van der Waals surface area contributed by atoms with E-state index in [2.05, 4.69) is 5.32 Å². The number of nitro groups is 1. The van der Waals surface area contributed by atoms with E-state index in [9.17, 15) is 14.9 Å². The number of benzene rings is 1. The van der Waals surface area contributed by atoms with E-state index in [1.54, 1.807) is 18.2 Å². The molecule has 0 fully saturated rings. The molecule has 0 aromatic heterocycles. The molecule has 1 atom stereocenters. The van der Waals surface area contributed by atoms with Gasteiger partial charge in [-0.3, -0.25) is 14.9 Å². The van der Waals surface area contributed by atoms with E-state index in [-0.39, 0.29) is 11.6 Å². The van der Waals surface area contributed by atoms with Crippen molar-refractivity contribution in [2.24, 2.45) is 11.7 Å². The summed E-state index contributed by atoms with van der Waals surface area (Å²) in [6.07, 6.45) is 0. The minimum atomic E-state index is -0.629. The van der Waals surface area contributed by atoms with Crippen molar-refractivity contribution in [2.75, 3.05) is 5.32 Å². The molecule has 0 radical (unpaired) electrons. The van der Waals surface area contributed by atoms with Crippen molar-refractivity contribution >= 4 is 17.3 Å². The molecule has 17 heavy (non-hydrogen) atoms. The van der Waals surface area contributed by atoms with Crippen LogP contribution in [0.5, 0.6) is 0 Å². The van der Waals surface area contributed by atoms with Crippen molar-refractivity contribution in [1.82, 2.24) is 0 Å². The summed E-state index contributed by atoms with van der Waals surface area (Å²) in [6.45, 7) is 3.63. The van der Waals surface area contributed by atoms with Gasteiger partial charge in [-0.1, -0.05) is 26.0 Å². The molecule has 0 heterocycles. The molecule has 0 unspecified atom stereocenters. The lowest BCUT2D eigenvalue weighted by Crippen LogP contribution is -2.39. The molecule has 3 N–H and O–H groups in total. The van der Waals surface area contributed by atoms with Gasteiger partial charge in [-0.2, -0.15) is 0 Å². The average molecular weight is 237 g/mol. The minimum absolute atomic E-state index is 0.0488. The first-order valence-corrected chi connectivity index (χ1v) is 5.22. The minimum Gasteiger partial charge on any atom is -0.368 e. The zero-order valence-corrected chi connectivity index (χ0v) is 9.71. The monoisotopic (exact) mass is 237 g/mol. The van der Waals surface area contributed by atoms with Gasteiger partial charge in [0.25, 0.3) is 5.69 Å². The SMILES string of the molecule is CC(C)[C@H](Nc1ccccc1[N+](=O)[O-])C(N)=O. The van der Waals surface area contributed by atoms with Gasteiger partial charge in [0.05, 0.1) is 4.92 Å². The molecular weight excluding hydrogens is 222 g/mol. The summed E-state index contributed by atoms with van der Waals surface area (Å²) < 4.78 is 0. The van der Waals surface area contributed by atoms with E-state index < -0.39 is 16.9 Å². The topological polar surface area (TPSA) is 98.3 Å². The summed E-state index contributed by atoms with van der Waals surface area (Å²) in [6, 6.07) is 5.53. The number of carbonyl (C=O) groups is 1. The van der Waals surface area contributed by atoms with Gasteiger partial charge >= 0.3 is 0 Å². The highest BCUT2D eigenvalue weighted by Crippen LogP contribution is 2.24. The van der Waals surface area contributed by atoms with Crippen LogP contribution in [0, 0.1) is 16.0 Å². The molecule has 0 saturated carbocycles. The number of nitro benzene ring substituents is 1. The van der Waals surface area contributed by atoms with Gasteiger partial charge in [0.1, 0.15) is 11.7 Å². The second-order valence-corrected chi connectivity index (χ2v) is 4.04. The van der Waals surface area contributed by atoms with Crippen LogP contribution in [0.1, 0.15) is 13.8 Å². The second kappa shape index (κ2) is 5.29. The van der Waals surface area contributed by atoms with Gasteiger partial charge in [0, 0.05) is 6.07 Å². The fourth-order valence-electron chi connectivity index (χ4n) is 1.49. The average Bonchev–Trinajstić information content (AvgIpc) is 2.25. The fraction of sp³-hybridized carbons (Fsp3) is 0.364. The molecule has 0 bridgehead atoms. The molecule has 0 aliphatic heterocycles. The van der Waals surface area contributed by atoms with Crippen LogP contribution in [0.4, 0.5) is 11.4 Å². The third-order valence-corrected chi connectivity index (χ3v) is 2.38. The largest absolute Gasteiger partial charge is 0.368 e. The lowest BCUT2D eigenvalue weighted by molar-refractivity contribution is -0.384. The third kappa shape index (κ3) is 3.17. The Hall–Kier alpha value is -2.11. The Morgan fingerprint density at radius 2 is 2.00 bits per heavy atom. The maximum Gasteiger partial charge on any atom is 0.292 e. The molecular formula is C11H15N3O3. The molecule has 0 aliphatic carbocycles. The molecule has 6 heteroatoms. The van der Waals surface area contributed by atoms with Gasteiger partial charge in [0.2, 0.25) is 5.91 Å². The van der Waals surface area contributed by atoms with Gasteiger partial charge in [-0.15, -0.1) is 0 Å². The molecule has 1 amide bonds. The zero-order chi connectivity index (χ0) is 13.0. The highest BCUT2D eigenvalue weighted by atomic mass is 16.6. The number of para-hydroxylation sites is 2. The van der Waals surface area contributed by atoms with Gasteiger partial charge in [0.15, 0.2) is 0 Å². The fourth-order valence-corrected chi connectivity index (χ4v) is 1.49. The van der Waals surface area contributed by atoms with Gasteiger partial charge in [-0.25, -0.2) is 0 Å². The highest BCUT2D eigenvalue weighted by Gasteiger charge is 2.22. The predicted octanol–water partition coefficient (Wildman–Crippen LogP) is 1.52. The predicted molar refractivity (Wildman–Crippen MR) is 64.5 cm³/mol. The number of primary amides is 1. The van der Waals surface area contributed by atoms with Gasteiger partial charge < -0.3 is 11.1 Å². The summed E-state index contributed by atoms with van der Waals surface area (Å²) in [5.74, 6) is -0.578. The molecule has 92 valence electrons. The number of carbonyl (C=O) groups excluding carboxylic acids is 1. The second-order valence-electron chi connectivity index (χ2n) is 4.04. The quantitative estimate of drug-likeness (QED) is 0.599. The molecule has 1 aromatic carbocycles. The third-order valence-electron chi connectivity index (χ3n) is 2.38. The normalized spacial score (nSPS) is 12.2. The first-order valence-electron chi connectivity index (χ1n) is 5.22. The van der Waals surface area contributed by atoms with Crippen LogP contribution in [-0.2, 0) is 4.79 Å². The smallest absolute Gasteiger partial charge is 0.292 e. The standard InChI is InChI=1S/C11H15N3O3/c1-7(2)10(11(12)15)13-8-5-3-4-6-9(8)14(16)17/h3-7,10,13H,1-2H3,(H2,12,15)/t10-/m0/s1. The van der Waals surface area contributed by atoms with E-state index in [4.69, 9.17) is 5.73 Å². The number of hydrogen-bond acceptors (Lipinski definition) is 4. The van der Waals surface area contributed by atoms with Crippen molar-refractivity contribution in [2.45, 2.75) is 19.9 Å². The first kappa shape index (κ1) is 13.0. The van der Waals surface area contributed by atoms with E-state index in [0.29, 0.717) is 5.69 Å². The van der Waals surface area contributed by atoms with Crippen molar-refractivity contribution in [3.8, 4) is 0 Å². The number of nitrogens with two attached hydrogens (primary N) is 1. The zero-order valence-electron chi connectivity index (χ0n) is 9.71. The van der Waals surface area contributed by atoms with Crippen molar-refractivity contribution < 1.29 is 9.72 Å². The molecule has 0 saturated heterocycles. The van der Waals surface area contributed by atoms with E-state index in [0.717, 1.165) is 0 Å². The van der Waals surface area contributed by atoms with Crippen LogP contribution in [0.2, 0.25) is 0 Å². The lowest BCUT2D eigenvalue weighted by atomic mass is 10.0. The number of hydrogen-bond donors (Lipinski definition) is 2. The molecule has 1 aromatic rings. The Labute approximate surface area is 99.0 Å². The maximum absolute atomic E-state index is 11.2. The summed E-state index contributed by atoms with van der Waals surface area (Å²) in [7, 11) is 0. The number of anilines is 1. The summed E-state index contributed by atoms with van der Waals surface area (Å²) in [5, 5.41) is 13.6. The number of nitrogens with zero attached hydrogens (tertiary/aromatic N) is 1. The Balaban J connectivity index is 3.01. The van der Waals surface area contributed by atoms with Crippen molar-refractivity contribution in [3.05, 3.63) is 34.4 Å². The summed E-state index contributed by atoms with van der Waals surface area (Å²) in [4.78, 5) is 21.5. The maximum atomic E-state index is 11.2. The van der Waals surface area contributed by atoms with Crippen molar-refractivity contribution in [3.63, 3.8) is 0 Å². The Bertz CT molecular complexity index is 432. The number of rotatable bonds is 5. The van der Waals surface area contributed by atoms with Crippen molar-refractivity contribution in [1.29, 1.82) is 0 Å². The van der Waals surface area contributed by atoms with Crippen LogP contribution < -0.4 is 11.1 Å². The molecule has 0 aliphatic rings. The van der Waals surface area contributed by atoms with Crippen LogP contribution in [-0.4, -0.2) is 16.9 Å². The summed E-state index contributed by atoms with van der Waals surface area (Å²) in [5.41, 5.74) is 5.47. The Kier molecular flexibility index (Phi) is 4.03. The van der Waals surface area contributed by atoms with E-state index in [1.807, 2.05) is 13.8 Å². The molecule has 6 nitrogen and oxygen atoms in total. The van der Waals surface area contributed by atoms with E-state index >= 15 is 0 Å². The Morgan fingerprint density at radius 1 is 1.41 bits per heavy atom. The first-order chi connectivity index (χ1) is 7.93. The van der Waals surface area contributed by atoms with Crippen LogP contribution >= 0.6 is 0 Å². The number of amides is 1. The van der Waals surface area contributed by atoms with Crippen LogP contribution in [0.25, 0.3) is 0 Å². The Morgan fingerprint density at radius 3 is 2.47 bits per heavy atom. The van der Waals surface area contributed by atoms with E-state index in [1.165, 1.54) is 6.07 Å². The van der Waals surface area contributed by atoms with Gasteiger partial charge in [-0.05, 0) is 12.0 Å². The molecule has 1 rings (SSSR count). The molecule has 0 spiro atoms. The van der Waals surface area contributed by atoms with Crippen LogP contribution in [0.3, 0.4) is 0 Å².